The number of sulfone groups is 1. The minimum absolute atomic E-state index is 0.300. The molecule has 0 aromatic carbocycles. The van der Waals surface area contributed by atoms with Gasteiger partial charge in [-0.25, -0.2) is 8.42 Å². The Morgan fingerprint density at radius 2 is 1.89 bits per heavy atom. The molecule has 106 valence electrons. The zero-order chi connectivity index (χ0) is 13.8. The van der Waals surface area contributed by atoms with E-state index >= 15 is 0 Å². The van der Waals surface area contributed by atoms with Crippen molar-refractivity contribution in [2.45, 2.75) is 63.2 Å². The van der Waals surface area contributed by atoms with Crippen LogP contribution in [0.15, 0.2) is 11.6 Å². The Balaban J connectivity index is 3.01. The van der Waals surface area contributed by atoms with Crippen molar-refractivity contribution < 1.29 is 8.42 Å². The van der Waals surface area contributed by atoms with Gasteiger partial charge in [0.1, 0.15) is 0 Å². The molecule has 0 saturated heterocycles. The molecule has 0 aromatic heterocycles. The SMILES string of the molecule is CC(C)(C(NN)C1=CCCCCCC1)S(C)(=O)=O. The van der Waals surface area contributed by atoms with Crippen molar-refractivity contribution in [3.63, 3.8) is 0 Å². The molecule has 0 saturated carbocycles. The maximum absolute atomic E-state index is 11.9. The van der Waals surface area contributed by atoms with Gasteiger partial charge in [-0.2, -0.15) is 0 Å². The minimum Gasteiger partial charge on any atom is -0.271 e. The van der Waals surface area contributed by atoms with E-state index in [1.807, 2.05) is 0 Å². The first-order valence-corrected chi connectivity index (χ1v) is 8.54. The first-order chi connectivity index (χ1) is 8.30. The summed E-state index contributed by atoms with van der Waals surface area (Å²) in [6.45, 7) is 3.49. The van der Waals surface area contributed by atoms with Crippen LogP contribution in [0.5, 0.6) is 0 Å². The van der Waals surface area contributed by atoms with Crippen molar-refractivity contribution in [2.75, 3.05) is 6.26 Å². The van der Waals surface area contributed by atoms with E-state index in [1.165, 1.54) is 25.5 Å². The molecule has 0 amide bonds. The van der Waals surface area contributed by atoms with Gasteiger partial charge in [-0.3, -0.25) is 11.3 Å². The van der Waals surface area contributed by atoms with E-state index < -0.39 is 14.6 Å². The molecule has 0 bridgehead atoms. The maximum atomic E-state index is 11.9. The lowest BCUT2D eigenvalue weighted by Gasteiger charge is -2.34. The number of nitrogens with one attached hydrogen (secondary N) is 1. The molecular formula is C13H26N2O2S. The second-order valence-corrected chi connectivity index (χ2v) is 8.30. The zero-order valence-corrected chi connectivity index (χ0v) is 12.5. The third kappa shape index (κ3) is 3.56. The van der Waals surface area contributed by atoms with E-state index in [0.717, 1.165) is 24.8 Å². The molecular weight excluding hydrogens is 248 g/mol. The summed E-state index contributed by atoms with van der Waals surface area (Å²) < 4.78 is 23.0. The van der Waals surface area contributed by atoms with Crippen molar-refractivity contribution >= 4 is 9.84 Å². The fourth-order valence-corrected chi connectivity index (χ4v) is 3.09. The highest BCUT2D eigenvalue weighted by atomic mass is 32.2. The van der Waals surface area contributed by atoms with E-state index in [4.69, 9.17) is 5.84 Å². The Kier molecular flexibility index (Phi) is 5.37. The molecule has 5 heteroatoms. The average Bonchev–Trinajstić information content (AvgIpc) is 2.19. The minimum atomic E-state index is -3.17. The Hall–Kier alpha value is -0.390. The summed E-state index contributed by atoms with van der Waals surface area (Å²) in [5.41, 5.74) is 3.87. The van der Waals surface area contributed by atoms with E-state index in [0.29, 0.717) is 0 Å². The van der Waals surface area contributed by atoms with Crippen molar-refractivity contribution in [1.29, 1.82) is 0 Å². The normalized spacial score (nSPS) is 20.8. The number of hydrogen-bond donors (Lipinski definition) is 2. The van der Waals surface area contributed by atoms with Crippen molar-refractivity contribution in [2.24, 2.45) is 5.84 Å². The zero-order valence-electron chi connectivity index (χ0n) is 11.7. The summed E-state index contributed by atoms with van der Waals surface area (Å²) in [5, 5.41) is 0. The van der Waals surface area contributed by atoms with Crippen molar-refractivity contribution in [1.82, 2.24) is 5.43 Å². The van der Waals surface area contributed by atoms with Crippen LogP contribution in [0.4, 0.5) is 0 Å². The summed E-state index contributed by atoms with van der Waals surface area (Å²) in [7, 11) is -3.17. The topological polar surface area (TPSA) is 72.2 Å². The lowest BCUT2D eigenvalue weighted by Crippen LogP contribution is -2.55. The molecule has 1 atom stereocenters. The predicted molar refractivity (Wildman–Crippen MR) is 75.8 cm³/mol. The number of nitrogens with two attached hydrogens (primary N) is 1. The monoisotopic (exact) mass is 274 g/mol. The summed E-state index contributed by atoms with van der Waals surface area (Å²) in [6.07, 6.45) is 10.2. The summed E-state index contributed by atoms with van der Waals surface area (Å²) in [4.78, 5) is 0. The van der Waals surface area contributed by atoms with Crippen LogP contribution in [0.1, 0.15) is 52.4 Å². The van der Waals surface area contributed by atoms with E-state index in [2.05, 4.69) is 11.5 Å². The van der Waals surface area contributed by atoms with Gasteiger partial charge in [0.25, 0.3) is 0 Å². The standard InChI is InChI=1S/C13H26N2O2S/c1-13(2,18(3,16)17)12(15-14)11-9-7-5-4-6-8-10-11/h9,12,15H,4-8,10,14H2,1-3H3. The Morgan fingerprint density at radius 1 is 1.28 bits per heavy atom. The second kappa shape index (κ2) is 6.17. The van der Waals surface area contributed by atoms with Gasteiger partial charge in [-0.05, 0) is 39.5 Å². The molecule has 1 aliphatic carbocycles. The molecule has 0 fully saturated rings. The third-order valence-corrected chi connectivity index (χ3v) is 6.16. The lowest BCUT2D eigenvalue weighted by atomic mass is 9.89. The molecule has 0 aromatic rings. The van der Waals surface area contributed by atoms with E-state index in [1.54, 1.807) is 13.8 Å². The van der Waals surface area contributed by atoms with Gasteiger partial charge >= 0.3 is 0 Å². The maximum Gasteiger partial charge on any atom is 0.154 e. The average molecular weight is 274 g/mol. The lowest BCUT2D eigenvalue weighted by molar-refractivity contribution is 0.439. The van der Waals surface area contributed by atoms with Crippen LogP contribution in [-0.4, -0.2) is 25.5 Å². The predicted octanol–water partition coefficient (Wildman–Crippen LogP) is 1.92. The van der Waals surface area contributed by atoms with Crippen molar-refractivity contribution in [3.05, 3.63) is 11.6 Å². The van der Waals surface area contributed by atoms with Crippen LogP contribution in [0.25, 0.3) is 0 Å². The first-order valence-electron chi connectivity index (χ1n) is 6.65. The molecule has 4 nitrogen and oxygen atoms in total. The van der Waals surface area contributed by atoms with Crippen LogP contribution >= 0.6 is 0 Å². The third-order valence-electron chi connectivity index (χ3n) is 4.01. The summed E-state index contributed by atoms with van der Waals surface area (Å²) >= 11 is 0. The number of hydrazine groups is 1. The highest BCUT2D eigenvalue weighted by Crippen LogP contribution is 2.29. The largest absolute Gasteiger partial charge is 0.271 e. The molecule has 1 unspecified atom stereocenters. The van der Waals surface area contributed by atoms with Crippen LogP contribution in [0, 0.1) is 0 Å². The quantitative estimate of drug-likeness (QED) is 0.467. The molecule has 0 spiro atoms. The summed E-state index contributed by atoms with van der Waals surface area (Å²) in [5.74, 6) is 5.62. The van der Waals surface area contributed by atoms with Gasteiger partial charge in [0.05, 0.1) is 10.8 Å². The van der Waals surface area contributed by atoms with Crippen LogP contribution in [0.2, 0.25) is 0 Å². The first kappa shape index (κ1) is 15.7. The molecule has 1 rings (SSSR count). The van der Waals surface area contributed by atoms with Crippen LogP contribution in [-0.2, 0) is 9.84 Å². The van der Waals surface area contributed by atoms with Crippen LogP contribution in [0.3, 0.4) is 0 Å². The molecule has 1 aliphatic rings. The summed E-state index contributed by atoms with van der Waals surface area (Å²) in [6, 6.07) is -0.300. The van der Waals surface area contributed by atoms with Gasteiger partial charge in [0, 0.05) is 6.26 Å². The number of hydrogen-bond acceptors (Lipinski definition) is 4. The van der Waals surface area contributed by atoms with Gasteiger partial charge in [-0.1, -0.05) is 24.5 Å². The fourth-order valence-electron chi connectivity index (χ4n) is 2.45. The Morgan fingerprint density at radius 3 is 2.44 bits per heavy atom. The molecule has 0 aliphatic heterocycles. The van der Waals surface area contributed by atoms with Gasteiger partial charge in [-0.15, -0.1) is 0 Å². The number of rotatable bonds is 4. The molecule has 18 heavy (non-hydrogen) atoms. The highest BCUT2D eigenvalue weighted by Gasteiger charge is 2.40. The van der Waals surface area contributed by atoms with Gasteiger partial charge < -0.3 is 0 Å². The van der Waals surface area contributed by atoms with E-state index in [9.17, 15) is 8.42 Å². The van der Waals surface area contributed by atoms with E-state index in [-0.39, 0.29) is 6.04 Å². The fraction of sp³-hybridized carbons (Fsp3) is 0.846. The second-order valence-electron chi connectivity index (χ2n) is 5.71. The Labute approximate surface area is 111 Å². The van der Waals surface area contributed by atoms with Crippen LogP contribution < -0.4 is 11.3 Å². The number of allylic oxidation sites excluding steroid dienone is 1. The molecule has 3 N–H and O–H groups in total. The highest BCUT2D eigenvalue weighted by molar-refractivity contribution is 7.92. The van der Waals surface area contributed by atoms with Gasteiger partial charge in [0.15, 0.2) is 9.84 Å². The molecule has 0 heterocycles. The Bertz CT molecular complexity index is 399. The smallest absolute Gasteiger partial charge is 0.154 e. The molecule has 0 radical (unpaired) electrons. The van der Waals surface area contributed by atoms with Crippen molar-refractivity contribution in [3.8, 4) is 0 Å². The van der Waals surface area contributed by atoms with Gasteiger partial charge in [0.2, 0.25) is 0 Å².